The SMILES string of the molecule is c1ccn2cc(-c3ccc(Oc4ccc(-c5cn6ccccc6n5)cc4)cc3)nc2c1. The van der Waals surface area contributed by atoms with Crippen LogP contribution in [0.2, 0.25) is 0 Å². The topological polar surface area (TPSA) is 43.8 Å². The van der Waals surface area contributed by atoms with Gasteiger partial charge in [0.25, 0.3) is 0 Å². The summed E-state index contributed by atoms with van der Waals surface area (Å²) in [5.74, 6) is 1.57. The molecule has 0 fully saturated rings. The number of hydrogen-bond donors (Lipinski definition) is 0. The van der Waals surface area contributed by atoms with Gasteiger partial charge in [0.05, 0.1) is 11.4 Å². The van der Waals surface area contributed by atoms with Crippen molar-refractivity contribution in [3.05, 3.63) is 110 Å². The van der Waals surface area contributed by atoms with E-state index in [2.05, 4.69) is 9.97 Å². The van der Waals surface area contributed by atoms with Crippen LogP contribution in [0, 0.1) is 0 Å². The number of benzene rings is 2. The van der Waals surface area contributed by atoms with Crippen LogP contribution in [0.5, 0.6) is 11.5 Å². The lowest BCUT2D eigenvalue weighted by atomic mass is 10.1. The number of aromatic nitrogens is 4. The second-order valence-electron chi connectivity index (χ2n) is 7.34. The standard InChI is InChI=1S/C26H18N4O/c1-3-15-29-17-23(27-25(29)5-1)19-7-11-21(12-8-19)31-22-13-9-20(10-14-22)24-18-30-16-4-2-6-26(30)28-24/h1-18H. The second-order valence-corrected chi connectivity index (χ2v) is 7.34. The third-order valence-corrected chi connectivity index (χ3v) is 5.26. The van der Waals surface area contributed by atoms with E-state index >= 15 is 0 Å². The fourth-order valence-corrected chi connectivity index (χ4v) is 3.67. The van der Waals surface area contributed by atoms with Crippen molar-refractivity contribution in [2.24, 2.45) is 0 Å². The molecule has 4 aromatic heterocycles. The van der Waals surface area contributed by atoms with E-state index in [0.717, 1.165) is 45.3 Å². The molecule has 0 saturated carbocycles. The molecule has 6 aromatic rings. The number of rotatable bonds is 4. The molecule has 0 N–H and O–H groups in total. The Balaban J connectivity index is 1.20. The molecule has 0 aliphatic rings. The van der Waals surface area contributed by atoms with Crippen molar-refractivity contribution in [3.8, 4) is 34.0 Å². The first-order valence-corrected chi connectivity index (χ1v) is 10.1. The minimum absolute atomic E-state index is 0.785. The highest BCUT2D eigenvalue weighted by Gasteiger charge is 2.07. The molecular formula is C26H18N4O. The predicted molar refractivity (Wildman–Crippen MR) is 121 cm³/mol. The van der Waals surface area contributed by atoms with Crippen LogP contribution in [0.4, 0.5) is 0 Å². The lowest BCUT2D eigenvalue weighted by Crippen LogP contribution is -1.85. The molecule has 148 valence electrons. The number of pyridine rings is 2. The van der Waals surface area contributed by atoms with Gasteiger partial charge in [-0.15, -0.1) is 0 Å². The molecule has 2 aromatic carbocycles. The van der Waals surface area contributed by atoms with Crippen molar-refractivity contribution >= 4 is 11.3 Å². The Labute approximate surface area is 178 Å². The summed E-state index contributed by atoms with van der Waals surface area (Å²) in [7, 11) is 0. The van der Waals surface area contributed by atoms with Crippen LogP contribution in [-0.2, 0) is 0 Å². The molecule has 0 bridgehead atoms. The summed E-state index contributed by atoms with van der Waals surface area (Å²) in [5, 5.41) is 0. The van der Waals surface area contributed by atoms with E-state index in [9.17, 15) is 0 Å². The van der Waals surface area contributed by atoms with Crippen LogP contribution in [0.1, 0.15) is 0 Å². The van der Waals surface area contributed by atoms with Crippen LogP contribution in [0.25, 0.3) is 33.8 Å². The summed E-state index contributed by atoms with van der Waals surface area (Å²) in [4.78, 5) is 9.33. The van der Waals surface area contributed by atoms with Crippen molar-refractivity contribution in [2.75, 3.05) is 0 Å². The maximum Gasteiger partial charge on any atom is 0.137 e. The minimum atomic E-state index is 0.785. The zero-order valence-corrected chi connectivity index (χ0v) is 16.6. The quantitative estimate of drug-likeness (QED) is 0.357. The maximum atomic E-state index is 6.03. The molecule has 4 heterocycles. The van der Waals surface area contributed by atoms with Gasteiger partial charge in [0, 0.05) is 35.9 Å². The van der Waals surface area contributed by atoms with Gasteiger partial charge in [0.1, 0.15) is 22.8 Å². The van der Waals surface area contributed by atoms with Gasteiger partial charge < -0.3 is 13.5 Å². The van der Waals surface area contributed by atoms with Gasteiger partial charge in [-0.2, -0.15) is 0 Å². The van der Waals surface area contributed by atoms with Gasteiger partial charge in [-0.25, -0.2) is 9.97 Å². The summed E-state index contributed by atoms with van der Waals surface area (Å²) in [6.45, 7) is 0. The van der Waals surface area contributed by atoms with Crippen LogP contribution in [-0.4, -0.2) is 18.8 Å². The second kappa shape index (κ2) is 7.15. The molecular weight excluding hydrogens is 384 g/mol. The number of imidazole rings is 2. The molecule has 0 unspecified atom stereocenters. The monoisotopic (exact) mass is 402 g/mol. The molecule has 31 heavy (non-hydrogen) atoms. The third-order valence-electron chi connectivity index (χ3n) is 5.26. The first kappa shape index (κ1) is 17.5. The Morgan fingerprint density at radius 1 is 0.516 bits per heavy atom. The van der Waals surface area contributed by atoms with Gasteiger partial charge in [0.15, 0.2) is 0 Å². The largest absolute Gasteiger partial charge is 0.457 e. The lowest BCUT2D eigenvalue weighted by Gasteiger charge is -2.07. The molecule has 0 saturated heterocycles. The van der Waals surface area contributed by atoms with Gasteiger partial charge in [0.2, 0.25) is 0 Å². The molecule has 5 heteroatoms. The van der Waals surface area contributed by atoms with E-state index in [1.165, 1.54) is 0 Å². The summed E-state index contributed by atoms with van der Waals surface area (Å²) in [5.41, 5.74) is 5.85. The van der Waals surface area contributed by atoms with Gasteiger partial charge >= 0.3 is 0 Å². The first-order chi connectivity index (χ1) is 15.3. The Morgan fingerprint density at radius 2 is 0.968 bits per heavy atom. The first-order valence-electron chi connectivity index (χ1n) is 10.1. The molecule has 0 atom stereocenters. The number of hydrogen-bond acceptors (Lipinski definition) is 3. The van der Waals surface area contributed by atoms with Crippen molar-refractivity contribution < 1.29 is 4.74 Å². The van der Waals surface area contributed by atoms with E-state index in [1.807, 2.05) is 119 Å². The van der Waals surface area contributed by atoms with Crippen LogP contribution >= 0.6 is 0 Å². The van der Waals surface area contributed by atoms with Crippen LogP contribution in [0.15, 0.2) is 110 Å². The highest BCUT2D eigenvalue weighted by atomic mass is 16.5. The number of nitrogens with zero attached hydrogens (tertiary/aromatic N) is 4. The fourth-order valence-electron chi connectivity index (χ4n) is 3.67. The van der Waals surface area contributed by atoms with Gasteiger partial charge in [-0.3, -0.25) is 0 Å². The zero-order chi connectivity index (χ0) is 20.6. The highest BCUT2D eigenvalue weighted by Crippen LogP contribution is 2.28. The fraction of sp³-hybridized carbons (Fsp3) is 0. The Morgan fingerprint density at radius 3 is 1.39 bits per heavy atom. The minimum Gasteiger partial charge on any atom is -0.457 e. The van der Waals surface area contributed by atoms with E-state index in [0.29, 0.717) is 0 Å². The summed E-state index contributed by atoms with van der Waals surface area (Å²) in [6.07, 6.45) is 8.06. The van der Waals surface area contributed by atoms with E-state index in [1.54, 1.807) is 0 Å². The average molecular weight is 402 g/mol. The zero-order valence-electron chi connectivity index (χ0n) is 16.6. The van der Waals surface area contributed by atoms with Crippen LogP contribution in [0.3, 0.4) is 0 Å². The van der Waals surface area contributed by atoms with E-state index < -0.39 is 0 Å². The normalized spacial score (nSPS) is 11.2. The van der Waals surface area contributed by atoms with Crippen LogP contribution < -0.4 is 4.74 Å². The molecule has 0 aliphatic carbocycles. The summed E-state index contributed by atoms with van der Waals surface area (Å²) >= 11 is 0. The summed E-state index contributed by atoms with van der Waals surface area (Å²) in [6, 6.07) is 28.0. The number of ether oxygens (including phenoxy) is 1. The molecule has 5 nitrogen and oxygen atoms in total. The molecule has 0 aliphatic heterocycles. The van der Waals surface area contributed by atoms with Crippen molar-refractivity contribution in [2.45, 2.75) is 0 Å². The highest BCUT2D eigenvalue weighted by molar-refractivity contribution is 5.65. The lowest BCUT2D eigenvalue weighted by molar-refractivity contribution is 0.483. The van der Waals surface area contributed by atoms with E-state index in [-0.39, 0.29) is 0 Å². The van der Waals surface area contributed by atoms with Crippen molar-refractivity contribution in [1.82, 2.24) is 18.8 Å². The van der Waals surface area contributed by atoms with Crippen molar-refractivity contribution in [3.63, 3.8) is 0 Å². The van der Waals surface area contributed by atoms with E-state index in [4.69, 9.17) is 4.74 Å². The van der Waals surface area contributed by atoms with Gasteiger partial charge in [-0.1, -0.05) is 12.1 Å². The molecule has 6 rings (SSSR count). The summed E-state index contributed by atoms with van der Waals surface area (Å²) < 4.78 is 10.1. The molecule has 0 spiro atoms. The Bertz CT molecular complexity index is 1310. The molecule has 0 radical (unpaired) electrons. The smallest absolute Gasteiger partial charge is 0.137 e. The molecule has 0 amide bonds. The maximum absolute atomic E-state index is 6.03. The number of fused-ring (bicyclic) bond motifs is 2. The predicted octanol–water partition coefficient (Wildman–Crippen LogP) is 6.11. The third kappa shape index (κ3) is 3.32. The average Bonchev–Trinajstić information content (AvgIpc) is 3.44. The van der Waals surface area contributed by atoms with Gasteiger partial charge in [-0.05, 0) is 72.8 Å². The Hall–Kier alpha value is -4.38. The van der Waals surface area contributed by atoms with Crippen molar-refractivity contribution in [1.29, 1.82) is 0 Å². The Kier molecular flexibility index (Phi) is 4.03.